The second-order valence-corrected chi connectivity index (χ2v) is 6.31. The summed E-state index contributed by atoms with van der Waals surface area (Å²) in [4.78, 5) is 26.5. The molecule has 0 saturated carbocycles. The molecule has 128 valence electrons. The third kappa shape index (κ3) is 3.39. The molecule has 0 spiro atoms. The van der Waals surface area contributed by atoms with Gasteiger partial charge in [0.05, 0.1) is 18.8 Å². The second kappa shape index (κ2) is 6.98. The average molecular weight is 329 g/mol. The van der Waals surface area contributed by atoms with Gasteiger partial charge in [0.2, 0.25) is 0 Å². The Labute approximate surface area is 140 Å². The lowest BCUT2D eigenvalue weighted by Crippen LogP contribution is -2.39. The SMILES string of the molecule is CCCn1nc(C(=O)N2CCCC2Cn2cc(C)cn2)ccc1=O. The smallest absolute Gasteiger partial charge is 0.274 e. The summed E-state index contributed by atoms with van der Waals surface area (Å²) in [5, 5.41) is 8.56. The molecule has 1 fully saturated rings. The molecule has 1 aliphatic heterocycles. The van der Waals surface area contributed by atoms with Crippen LogP contribution in [0.15, 0.2) is 29.3 Å². The number of aryl methyl sites for hydroxylation is 2. The van der Waals surface area contributed by atoms with Crippen molar-refractivity contribution >= 4 is 5.91 Å². The average Bonchev–Trinajstić information content (AvgIpc) is 3.18. The highest BCUT2D eigenvalue weighted by Gasteiger charge is 2.30. The Bertz CT molecular complexity index is 779. The first-order valence-corrected chi connectivity index (χ1v) is 8.46. The van der Waals surface area contributed by atoms with Crippen molar-refractivity contribution in [3.8, 4) is 0 Å². The van der Waals surface area contributed by atoms with Gasteiger partial charge in [-0.25, -0.2) is 4.68 Å². The highest BCUT2D eigenvalue weighted by Crippen LogP contribution is 2.20. The molecule has 1 saturated heterocycles. The number of hydrogen-bond acceptors (Lipinski definition) is 4. The molecule has 0 aliphatic carbocycles. The summed E-state index contributed by atoms with van der Waals surface area (Å²) in [6.45, 7) is 5.91. The van der Waals surface area contributed by atoms with Crippen molar-refractivity contribution in [3.05, 3.63) is 46.1 Å². The van der Waals surface area contributed by atoms with E-state index in [1.54, 1.807) is 0 Å². The number of likely N-dealkylation sites (tertiary alicyclic amines) is 1. The van der Waals surface area contributed by atoms with Gasteiger partial charge in [-0.05, 0) is 37.8 Å². The largest absolute Gasteiger partial charge is 0.332 e. The molecule has 24 heavy (non-hydrogen) atoms. The van der Waals surface area contributed by atoms with Gasteiger partial charge in [0, 0.05) is 25.4 Å². The predicted molar refractivity (Wildman–Crippen MR) is 89.8 cm³/mol. The molecule has 1 amide bonds. The van der Waals surface area contributed by atoms with Crippen LogP contribution in [0.5, 0.6) is 0 Å². The highest BCUT2D eigenvalue weighted by atomic mass is 16.2. The maximum absolute atomic E-state index is 12.8. The van der Waals surface area contributed by atoms with Crippen LogP contribution in [0.25, 0.3) is 0 Å². The van der Waals surface area contributed by atoms with E-state index in [0.717, 1.165) is 31.4 Å². The van der Waals surface area contributed by atoms with Crippen LogP contribution in [-0.2, 0) is 13.1 Å². The zero-order chi connectivity index (χ0) is 17.1. The summed E-state index contributed by atoms with van der Waals surface area (Å²) >= 11 is 0. The van der Waals surface area contributed by atoms with Gasteiger partial charge in [0.1, 0.15) is 5.69 Å². The fraction of sp³-hybridized carbons (Fsp3) is 0.529. The summed E-state index contributed by atoms with van der Waals surface area (Å²) in [6, 6.07) is 3.08. The minimum atomic E-state index is -0.168. The van der Waals surface area contributed by atoms with Crippen molar-refractivity contribution in [2.24, 2.45) is 0 Å². The molecule has 0 bridgehead atoms. The molecule has 2 aromatic heterocycles. The zero-order valence-corrected chi connectivity index (χ0v) is 14.2. The normalized spacial score (nSPS) is 17.4. The highest BCUT2D eigenvalue weighted by molar-refractivity contribution is 5.92. The molecule has 3 rings (SSSR count). The predicted octanol–water partition coefficient (Wildman–Crippen LogP) is 1.46. The van der Waals surface area contributed by atoms with E-state index in [1.807, 2.05) is 35.8 Å². The number of carbonyl (C=O) groups is 1. The number of amides is 1. The number of nitrogens with zero attached hydrogens (tertiary/aromatic N) is 5. The van der Waals surface area contributed by atoms with Gasteiger partial charge >= 0.3 is 0 Å². The lowest BCUT2D eigenvalue weighted by Gasteiger charge is -2.24. The van der Waals surface area contributed by atoms with Gasteiger partial charge in [-0.2, -0.15) is 10.2 Å². The Morgan fingerprint density at radius 1 is 1.38 bits per heavy atom. The Morgan fingerprint density at radius 3 is 2.92 bits per heavy atom. The van der Waals surface area contributed by atoms with Gasteiger partial charge < -0.3 is 4.90 Å². The van der Waals surface area contributed by atoms with Gasteiger partial charge in [-0.3, -0.25) is 14.3 Å². The van der Waals surface area contributed by atoms with Crippen molar-refractivity contribution in [3.63, 3.8) is 0 Å². The van der Waals surface area contributed by atoms with Gasteiger partial charge in [-0.15, -0.1) is 0 Å². The molecule has 0 N–H and O–H groups in total. The summed E-state index contributed by atoms with van der Waals surface area (Å²) in [5.74, 6) is -0.105. The monoisotopic (exact) mass is 329 g/mol. The van der Waals surface area contributed by atoms with Gasteiger partial charge in [0.15, 0.2) is 0 Å². The maximum atomic E-state index is 12.8. The Kier molecular flexibility index (Phi) is 4.78. The molecular formula is C17H23N5O2. The van der Waals surface area contributed by atoms with E-state index in [9.17, 15) is 9.59 Å². The fourth-order valence-electron chi connectivity index (χ4n) is 3.16. The topological polar surface area (TPSA) is 73.0 Å². The molecule has 1 atom stereocenters. The maximum Gasteiger partial charge on any atom is 0.274 e. The van der Waals surface area contributed by atoms with E-state index in [2.05, 4.69) is 10.2 Å². The quantitative estimate of drug-likeness (QED) is 0.832. The van der Waals surface area contributed by atoms with Crippen LogP contribution >= 0.6 is 0 Å². The number of rotatable bonds is 5. The van der Waals surface area contributed by atoms with E-state index in [0.29, 0.717) is 18.8 Å². The molecule has 7 heteroatoms. The van der Waals surface area contributed by atoms with E-state index < -0.39 is 0 Å². The van der Waals surface area contributed by atoms with E-state index >= 15 is 0 Å². The van der Waals surface area contributed by atoms with Crippen molar-refractivity contribution < 1.29 is 4.79 Å². The molecule has 0 aromatic carbocycles. The van der Waals surface area contributed by atoms with Crippen LogP contribution in [0.3, 0.4) is 0 Å². The van der Waals surface area contributed by atoms with Gasteiger partial charge in [0.25, 0.3) is 11.5 Å². The van der Waals surface area contributed by atoms with Crippen LogP contribution in [0.1, 0.15) is 42.2 Å². The van der Waals surface area contributed by atoms with Crippen LogP contribution in [0.4, 0.5) is 0 Å². The van der Waals surface area contributed by atoms with Crippen LogP contribution in [0, 0.1) is 6.92 Å². The molecule has 2 aromatic rings. The first-order valence-electron chi connectivity index (χ1n) is 8.46. The summed E-state index contributed by atoms with van der Waals surface area (Å²) in [6.07, 6.45) is 6.55. The van der Waals surface area contributed by atoms with Gasteiger partial charge in [-0.1, -0.05) is 6.92 Å². The van der Waals surface area contributed by atoms with Crippen molar-refractivity contribution in [2.45, 2.75) is 52.2 Å². The van der Waals surface area contributed by atoms with E-state index in [-0.39, 0.29) is 17.5 Å². The van der Waals surface area contributed by atoms with Crippen molar-refractivity contribution in [1.29, 1.82) is 0 Å². The third-order valence-corrected chi connectivity index (χ3v) is 4.32. The molecule has 3 heterocycles. The molecule has 1 unspecified atom stereocenters. The molecule has 7 nitrogen and oxygen atoms in total. The first kappa shape index (κ1) is 16.4. The van der Waals surface area contributed by atoms with Crippen molar-refractivity contribution in [1.82, 2.24) is 24.5 Å². The zero-order valence-electron chi connectivity index (χ0n) is 14.2. The number of aromatic nitrogens is 4. The minimum Gasteiger partial charge on any atom is -0.332 e. The number of carbonyl (C=O) groups excluding carboxylic acids is 1. The summed E-state index contributed by atoms with van der Waals surface area (Å²) < 4.78 is 3.26. The summed E-state index contributed by atoms with van der Waals surface area (Å²) in [5.41, 5.74) is 1.28. The van der Waals surface area contributed by atoms with Crippen LogP contribution in [0.2, 0.25) is 0 Å². The Hall–Kier alpha value is -2.44. The molecule has 1 aliphatic rings. The molecule has 0 radical (unpaired) electrons. The lowest BCUT2D eigenvalue weighted by molar-refractivity contribution is 0.0712. The summed E-state index contributed by atoms with van der Waals surface area (Å²) in [7, 11) is 0. The second-order valence-electron chi connectivity index (χ2n) is 6.31. The molecular weight excluding hydrogens is 306 g/mol. The Morgan fingerprint density at radius 2 is 2.21 bits per heavy atom. The lowest BCUT2D eigenvalue weighted by atomic mass is 10.2. The number of hydrogen-bond donors (Lipinski definition) is 0. The third-order valence-electron chi connectivity index (χ3n) is 4.32. The van der Waals surface area contributed by atoms with Crippen LogP contribution < -0.4 is 5.56 Å². The first-order chi connectivity index (χ1) is 11.6. The minimum absolute atomic E-state index is 0.105. The standard InChI is InChI=1S/C17H23N5O2/c1-3-8-22-16(23)7-6-15(19-22)17(24)21-9-4-5-14(21)12-20-11-13(2)10-18-20/h6-7,10-11,14H,3-5,8-9,12H2,1-2H3. The van der Waals surface area contributed by atoms with Crippen LogP contribution in [-0.4, -0.2) is 43.0 Å². The van der Waals surface area contributed by atoms with E-state index in [1.165, 1.54) is 16.8 Å². The Balaban J connectivity index is 1.78. The van der Waals surface area contributed by atoms with E-state index in [4.69, 9.17) is 0 Å². The fourth-order valence-corrected chi connectivity index (χ4v) is 3.16. The van der Waals surface area contributed by atoms with Crippen molar-refractivity contribution in [2.75, 3.05) is 6.54 Å².